The molecule has 3 heterocycles. The predicted octanol–water partition coefficient (Wildman–Crippen LogP) is 2.23. The van der Waals surface area contributed by atoms with Crippen molar-refractivity contribution in [1.82, 2.24) is 15.1 Å². The van der Waals surface area contributed by atoms with E-state index in [2.05, 4.69) is 25.2 Å². The van der Waals surface area contributed by atoms with Gasteiger partial charge in [-0.05, 0) is 43.0 Å². The lowest BCUT2D eigenvalue weighted by Gasteiger charge is -2.25. The lowest BCUT2D eigenvalue weighted by atomic mass is 10.2. The molecular formula is C18H21N7O2S+. The Bertz CT molecular complexity index is 1100. The van der Waals surface area contributed by atoms with Gasteiger partial charge in [0.15, 0.2) is 12.0 Å². The molecule has 0 unspecified atom stereocenters. The Hall–Kier alpha value is -3.11. The first-order chi connectivity index (χ1) is 13.3. The summed E-state index contributed by atoms with van der Waals surface area (Å²) in [4.78, 5) is 8.67. The second kappa shape index (κ2) is 6.80. The monoisotopic (exact) mass is 399 g/mol. The van der Waals surface area contributed by atoms with Crippen molar-refractivity contribution in [3.05, 3.63) is 59.9 Å². The van der Waals surface area contributed by atoms with Gasteiger partial charge in [-0.15, -0.1) is 0 Å². The van der Waals surface area contributed by atoms with E-state index in [1.54, 1.807) is 12.1 Å². The van der Waals surface area contributed by atoms with Gasteiger partial charge in [-0.25, -0.2) is 8.42 Å². The maximum atomic E-state index is 11.4. The van der Waals surface area contributed by atoms with Crippen molar-refractivity contribution in [3.63, 3.8) is 0 Å². The molecule has 2 aromatic rings. The Kier molecular flexibility index (Phi) is 4.44. The number of rotatable bonds is 5. The van der Waals surface area contributed by atoms with Crippen molar-refractivity contribution >= 4 is 33.1 Å². The lowest BCUT2D eigenvalue weighted by molar-refractivity contribution is 0.607. The number of H-pyrrole nitrogens is 1. The molecule has 1 radical (unpaired) electrons. The number of aromatic nitrogens is 2. The molecule has 2 aliphatic rings. The highest BCUT2D eigenvalue weighted by Gasteiger charge is 2.39. The first kappa shape index (κ1) is 18.3. The van der Waals surface area contributed by atoms with Gasteiger partial charge in [0.1, 0.15) is 12.2 Å². The molecule has 0 amide bonds. The first-order valence-corrected chi connectivity index (χ1v) is 10.6. The van der Waals surface area contributed by atoms with E-state index in [9.17, 15) is 8.42 Å². The largest absolute Gasteiger partial charge is 0.329 e. The smallest absolute Gasteiger partial charge is 0.284 e. The summed E-state index contributed by atoms with van der Waals surface area (Å²) >= 11 is 0. The molecule has 0 fully saturated rings. The number of aryl methyl sites for hydroxylation is 1. The van der Waals surface area contributed by atoms with Crippen LogP contribution in [0.4, 0.5) is 17.2 Å². The summed E-state index contributed by atoms with van der Waals surface area (Å²) in [6, 6.07) is 9.13. The molecule has 4 rings (SSSR count). The van der Waals surface area contributed by atoms with Gasteiger partial charge in [-0.1, -0.05) is 0 Å². The van der Waals surface area contributed by atoms with Crippen LogP contribution in [0.25, 0.3) is 0 Å². The molecule has 2 aliphatic heterocycles. The molecule has 0 atom stereocenters. The number of allylic oxidation sites excluding steroid dienone is 1. The van der Waals surface area contributed by atoms with Crippen LogP contribution in [0.5, 0.6) is 0 Å². The Labute approximate surface area is 163 Å². The third-order valence-electron chi connectivity index (χ3n) is 4.21. The number of nitrogens with zero attached hydrogens (tertiary/aromatic N) is 4. The second-order valence-electron chi connectivity index (χ2n) is 6.79. The third-order valence-corrected chi connectivity index (χ3v) is 4.82. The van der Waals surface area contributed by atoms with Gasteiger partial charge in [0, 0.05) is 23.1 Å². The van der Waals surface area contributed by atoms with Crippen molar-refractivity contribution in [3.8, 4) is 0 Å². The standard InChI is InChI=1S/C18H21N7O2S/c1-12-8-16(22-21-12)20-18-11-24(10-17-19-13(2)9-25(17)18)15-6-4-14(5-7-15)23-28(3,26)27/h4-9,11,23H,10H2,1-3H3,(H2,20,21,22)/q+1. The molecule has 9 nitrogen and oxygen atoms in total. The van der Waals surface area contributed by atoms with Crippen LogP contribution in [0, 0.1) is 6.92 Å². The quantitative estimate of drug-likeness (QED) is 0.668. The van der Waals surface area contributed by atoms with Crippen molar-refractivity contribution in [2.45, 2.75) is 13.8 Å². The molecule has 1 aromatic carbocycles. The van der Waals surface area contributed by atoms with Crippen molar-refractivity contribution in [2.75, 3.05) is 27.7 Å². The molecule has 0 saturated carbocycles. The molecule has 28 heavy (non-hydrogen) atoms. The number of hydrogen-bond acceptors (Lipinski definition) is 7. The highest BCUT2D eigenvalue weighted by molar-refractivity contribution is 7.92. The molecule has 0 saturated heterocycles. The molecule has 3 N–H and O–H groups in total. The average molecular weight is 399 g/mol. The van der Waals surface area contributed by atoms with Crippen LogP contribution < -0.4 is 19.8 Å². The molecule has 145 valence electrons. The Morgan fingerprint density at radius 2 is 1.96 bits per heavy atom. The Morgan fingerprint density at radius 1 is 1.21 bits per heavy atom. The van der Waals surface area contributed by atoms with E-state index in [-0.39, 0.29) is 0 Å². The fourth-order valence-corrected chi connectivity index (χ4v) is 3.65. The maximum absolute atomic E-state index is 11.4. The van der Waals surface area contributed by atoms with Gasteiger partial charge >= 0.3 is 0 Å². The van der Waals surface area contributed by atoms with Gasteiger partial charge < -0.3 is 4.90 Å². The number of hydrogen-bond donors (Lipinski definition) is 3. The van der Waals surface area contributed by atoms with Gasteiger partial charge in [0.25, 0.3) is 11.7 Å². The summed E-state index contributed by atoms with van der Waals surface area (Å²) < 4.78 is 25.2. The van der Waals surface area contributed by atoms with Crippen LogP contribution in [0.15, 0.2) is 59.2 Å². The Morgan fingerprint density at radius 3 is 2.61 bits per heavy atom. The minimum atomic E-state index is -3.30. The van der Waals surface area contributed by atoms with E-state index in [4.69, 9.17) is 0 Å². The number of aromatic amines is 1. The lowest BCUT2D eigenvalue weighted by Crippen LogP contribution is -2.45. The highest BCUT2D eigenvalue weighted by Crippen LogP contribution is 2.26. The van der Waals surface area contributed by atoms with Crippen LogP contribution in [0.3, 0.4) is 0 Å². The van der Waals surface area contributed by atoms with Crippen LogP contribution in [0.2, 0.25) is 0 Å². The van der Waals surface area contributed by atoms with E-state index >= 15 is 0 Å². The van der Waals surface area contributed by atoms with Crippen molar-refractivity contribution in [1.29, 1.82) is 0 Å². The zero-order valence-corrected chi connectivity index (χ0v) is 16.6. The minimum absolute atomic E-state index is 0.523. The number of nitrogens with one attached hydrogen (secondary N) is 3. The topological polar surface area (TPSA) is 108 Å². The third kappa shape index (κ3) is 3.92. The number of aliphatic imine (C=N–C) groups is 1. The van der Waals surface area contributed by atoms with Crippen LogP contribution in [0.1, 0.15) is 12.6 Å². The molecular weight excluding hydrogens is 378 g/mol. The minimum Gasteiger partial charge on any atom is -0.329 e. The first-order valence-electron chi connectivity index (χ1n) is 8.67. The van der Waals surface area contributed by atoms with Gasteiger partial charge in [-0.2, -0.15) is 10.1 Å². The van der Waals surface area contributed by atoms with Crippen LogP contribution in [-0.4, -0.2) is 37.3 Å². The highest BCUT2D eigenvalue weighted by atomic mass is 32.2. The molecule has 1 aromatic heterocycles. The maximum Gasteiger partial charge on any atom is 0.284 e. The number of sulfonamides is 1. The summed E-state index contributed by atoms with van der Waals surface area (Å²) in [7, 11) is -3.30. The van der Waals surface area contributed by atoms with Gasteiger partial charge in [0.2, 0.25) is 10.0 Å². The van der Waals surface area contributed by atoms with E-state index < -0.39 is 10.0 Å². The number of benzene rings is 1. The molecule has 10 heteroatoms. The average Bonchev–Trinajstić information content (AvgIpc) is 3.18. The predicted molar refractivity (Wildman–Crippen MR) is 111 cm³/mol. The zero-order valence-electron chi connectivity index (χ0n) is 15.8. The van der Waals surface area contributed by atoms with E-state index in [0.717, 1.165) is 40.8 Å². The van der Waals surface area contributed by atoms with Gasteiger partial charge in [-0.3, -0.25) is 15.1 Å². The SMILES string of the molecule is CC1=C[N+]2C(Nc3cc(C)[nH]n3)=CN(c3ccc(NS(C)(=O)=O)cc3)CC2=N1. The van der Waals surface area contributed by atoms with E-state index in [0.29, 0.717) is 12.2 Å². The number of fused-ring (bicyclic) bond motifs is 1. The summed E-state index contributed by atoms with van der Waals surface area (Å²) in [5.41, 5.74) is 3.33. The summed E-state index contributed by atoms with van der Waals surface area (Å²) in [5.74, 6) is 2.44. The molecule has 0 bridgehead atoms. The van der Waals surface area contributed by atoms with Gasteiger partial charge in [0.05, 0.1) is 12.5 Å². The van der Waals surface area contributed by atoms with E-state index in [1.165, 1.54) is 0 Å². The summed E-state index contributed by atoms with van der Waals surface area (Å²) in [6.45, 7) is 4.49. The number of amidine groups is 1. The fourth-order valence-electron chi connectivity index (χ4n) is 3.08. The normalized spacial score (nSPS) is 17.0. The van der Waals surface area contributed by atoms with Crippen molar-refractivity contribution < 1.29 is 8.42 Å². The Balaban J connectivity index is 1.62. The fraction of sp³-hybridized carbons (Fsp3) is 0.222. The van der Waals surface area contributed by atoms with Crippen LogP contribution in [-0.2, 0) is 10.0 Å². The van der Waals surface area contributed by atoms with Crippen molar-refractivity contribution in [2.24, 2.45) is 4.99 Å². The second-order valence-corrected chi connectivity index (χ2v) is 8.54. The summed E-state index contributed by atoms with van der Waals surface area (Å²) in [5, 5.41) is 10.5. The molecule has 0 spiro atoms. The van der Waals surface area contributed by atoms with Crippen LogP contribution >= 0.6 is 0 Å². The van der Waals surface area contributed by atoms with E-state index in [1.807, 2.05) is 54.2 Å². The summed E-state index contributed by atoms with van der Waals surface area (Å²) in [6.07, 6.45) is 5.09. The number of anilines is 3. The molecule has 0 aliphatic carbocycles. The zero-order chi connectivity index (χ0) is 19.9.